The van der Waals surface area contributed by atoms with Crippen molar-refractivity contribution in [3.8, 4) is 22.3 Å². The highest BCUT2D eigenvalue weighted by Crippen LogP contribution is 2.47. The number of hydrogen-bond acceptors (Lipinski definition) is 2. The van der Waals surface area contributed by atoms with Crippen LogP contribution in [0.5, 0.6) is 0 Å². The van der Waals surface area contributed by atoms with Gasteiger partial charge in [0, 0.05) is 32.0 Å². The van der Waals surface area contributed by atoms with Crippen LogP contribution < -0.4 is 0 Å². The Morgan fingerprint density at radius 2 is 1.07 bits per heavy atom. The highest BCUT2D eigenvalue weighted by molar-refractivity contribution is 7.17. The molecule has 2 aromatic heterocycles. The number of thiophene rings is 1. The van der Waals surface area contributed by atoms with Crippen LogP contribution in [0.25, 0.3) is 86.6 Å². The minimum atomic E-state index is 0.949. The molecule has 0 amide bonds. The number of rotatable bonds is 2. The molecule has 0 fully saturated rings. The molecule has 0 unspecified atom stereocenters. The molecule has 9 rings (SSSR count). The Morgan fingerprint density at radius 3 is 1.85 bits per heavy atom. The third-order valence-electron chi connectivity index (χ3n) is 8.33. The number of benzene rings is 7. The molecular weight excluding hydrogens is 504 g/mol. The summed E-state index contributed by atoms with van der Waals surface area (Å²) < 4.78 is 8.03. The fraction of sp³-hybridized carbons (Fsp3) is 0. The summed E-state index contributed by atoms with van der Waals surface area (Å²) in [4.78, 5) is 0. The van der Waals surface area contributed by atoms with Crippen molar-refractivity contribution >= 4 is 75.7 Å². The van der Waals surface area contributed by atoms with Gasteiger partial charge < -0.3 is 4.42 Å². The van der Waals surface area contributed by atoms with Crippen molar-refractivity contribution in [2.45, 2.75) is 0 Å². The summed E-state index contributed by atoms with van der Waals surface area (Å²) in [7, 11) is 0. The monoisotopic (exact) mass is 526 g/mol. The van der Waals surface area contributed by atoms with Crippen LogP contribution in [0.15, 0.2) is 137 Å². The van der Waals surface area contributed by atoms with E-state index in [1.807, 2.05) is 0 Å². The van der Waals surface area contributed by atoms with E-state index in [0.29, 0.717) is 0 Å². The highest BCUT2D eigenvalue weighted by Gasteiger charge is 2.20. The van der Waals surface area contributed by atoms with Gasteiger partial charge in [0.15, 0.2) is 0 Å². The fourth-order valence-corrected chi connectivity index (χ4v) is 7.36. The molecule has 7 aromatic carbocycles. The fourth-order valence-electron chi connectivity index (χ4n) is 6.57. The molecule has 2 heterocycles. The van der Waals surface area contributed by atoms with Crippen LogP contribution in [0.1, 0.15) is 0 Å². The first-order valence-electron chi connectivity index (χ1n) is 13.6. The molecule has 0 spiro atoms. The van der Waals surface area contributed by atoms with Gasteiger partial charge in [-0.25, -0.2) is 0 Å². The van der Waals surface area contributed by atoms with Crippen LogP contribution in [0.3, 0.4) is 0 Å². The normalized spacial score (nSPS) is 12.0. The van der Waals surface area contributed by atoms with Gasteiger partial charge in [-0.3, -0.25) is 0 Å². The van der Waals surface area contributed by atoms with Crippen LogP contribution in [0, 0.1) is 0 Å². The number of hydrogen-bond donors (Lipinski definition) is 0. The molecule has 2 heteroatoms. The quantitative estimate of drug-likeness (QED) is 0.204. The van der Waals surface area contributed by atoms with Gasteiger partial charge in [0.05, 0.1) is 0 Å². The van der Waals surface area contributed by atoms with Crippen molar-refractivity contribution in [2.24, 2.45) is 0 Å². The maximum absolute atomic E-state index is 6.78. The molecule has 0 aliphatic carbocycles. The van der Waals surface area contributed by atoms with Gasteiger partial charge >= 0.3 is 0 Å². The summed E-state index contributed by atoms with van der Waals surface area (Å²) in [6.07, 6.45) is 0. The maximum Gasteiger partial charge on any atom is 0.144 e. The van der Waals surface area contributed by atoms with E-state index in [2.05, 4.69) is 133 Å². The van der Waals surface area contributed by atoms with Gasteiger partial charge in [-0.1, -0.05) is 103 Å². The highest BCUT2D eigenvalue weighted by atomic mass is 32.1. The Balaban J connectivity index is 1.43. The van der Waals surface area contributed by atoms with Crippen LogP contribution in [-0.4, -0.2) is 0 Å². The summed E-state index contributed by atoms with van der Waals surface area (Å²) in [5.74, 6) is 0. The molecular formula is C38H22OS. The van der Waals surface area contributed by atoms with Crippen molar-refractivity contribution in [1.82, 2.24) is 0 Å². The lowest BCUT2D eigenvalue weighted by Gasteiger charge is -2.18. The van der Waals surface area contributed by atoms with Gasteiger partial charge in [-0.15, -0.1) is 11.3 Å². The number of para-hydroxylation sites is 1. The average molecular weight is 527 g/mol. The Morgan fingerprint density at radius 1 is 0.425 bits per heavy atom. The predicted octanol–water partition coefficient (Wildman–Crippen LogP) is 11.6. The van der Waals surface area contributed by atoms with Gasteiger partial charge in [0.2, 0.25) is 0 Å². The standard InChI is InChI=1S/C38H22OS/c1-2-9-24-22-25(17-16-23(24)8-1)35-26-10-3-5-12-28(26)36(29-13-6-4-11-27(29)35)33-15-7-14-30-31-18-19-34-32(20-21-40-34)37(31)39-38(30)33/h1-22H. The van der Waals surface area contributed by atoms with E-state index in [9.17, 15) is 0 Å². The summed E-state index contributed by atoms with van der Waals surface area (Å²) in [5.41, 5.74) is 6.79. The van der Waals surface area contributed by atoms with Crippen molar-refractivity contribution in [1.29, 1.82) is 0 Å². The van der Waals surface area contributed by atoms with E-state index in [-0.39, 0.29) is 0 Å². The molecule has 0 saturated carbocycles. The first-order valence-corrected chi connectivity index (χ1v) is 14.5. The third kappa shape index (κ3) is 3.03. The molecule has 0 atom stereocenters. The van der Waals surface area contributed by atoms with E-state index in [0.717, 1.165) is 22.1 Å². The van der Waals surface area contributed by atoms with E-state index in [1.165, 1.54) is 64.5 Å². The van der Waals surface area contributed by atoms with Crippen molar-refractivity contribution < 1.29 is 4.42 Å². The SMILES string of the molecule is c1ccc2cc(-c3c4ccccc4c(-c4cccc5c4oc4c6ccsc6ccc54)c4ccccc34)ccc2c1. The lowest BCUT2D eigenvalue weighted by molar-refractivity contribution is 0.674. The van der Waals surface area contributed by atoms with Gasteiger partial charge in [-0.05, 0) is 73.1 Å². The molecule has 9 aromatic rings. The van der Waals surface area contributed by atoms with Crippen molar-refractivity contribution in [2.75, 3.05) is 0 Å². The minimum absolute atomic E-state index is 0.949. The first-order chi connectivity index (χ1) is 19.8. The van der Waals surface area contributed by atoms with E-state index >= 15 is 0 Å². The molecule has 0 saturated heterocycles. The molecule has 40 heavy (non-hydrogen) atoms. The maximum atomic E-state index is 6.78. The molecule has 0 N–H and O–H groups in total. The molecule has 0 bridgehead atoms. The molecule has 0 radical (unpaired) electrons. The van der Waals surface area contributed by atoms with Crippen molar-refractivity contribution in [3.63, 3.8) is 0 Å². The average Bonchev–Trinajstić information content (AvgIpc) is 3.64. The lowest BCUT2D eigenvalue weighted by Crippen LogP contribution is -1.91. The van der Waals surface area contributed by atoms with Crippen LogP contribution in [0.2, 0.25) is 0 Å². The van der Waals surface area contributed by atoms with Gasteiger partial charge in [0.25, 0.3) is 0 Å². The van der Waals surface area contributed by atoms with Gasteiger partial charge in [-0.2, -0.15) is 0 Å². The minimum Gasteiger partial charge on any atom is -0.455 e. The van der Waals surface area contributed by atoms with E-state index in [4.69, 9.17) is 4.42 Å². The smallest absolute Gasteiger partial charge is 0.144 e. The topological polar surface area (TPSA) is 13.1 Å². The van der Waals surface area contributed by atoms with Crippen LogP contribution in [0.4, 0.5) is 0 Å². The molecule has 1 nitrogen and oxygen atoms in total. The Kier molecular flexibility index (Phi) is 4.55. The third-order valence-corrected chi connectivity index (χ3v) is 9.22. The zero-order valence-corrected chi connectivity index (χ0v) is 22.3. The zero-order chi connectivity index (χ0) is 26.2. The zero-order valence-electron chi connectivity index (χ0n) is 21.5. The Bertz CT molecular complexity index is 2380. The number of fused-ring (bicyclic) bond motifs is 8. The lowest BCUT2D eigenvalue weighted by atomic mass is 9.85. The second-order valence-corrected chi connectivity index (χ2v) is 11.4. The van der Waals surface area contributed by atoms with Crippen LogP contribution >= 0.6 is 11.3 Å². The summed E-state index contributed by atoms with van der Waals surface area (Å²) >= 11 is 1.76. The molecule has 0 aliphatic rings. The second kappa shape index (κ2) is 8.29. The summed E-state index contributed by atoms with van der Waals surface area (Å²) in [5, 5.41) is 13.1. The first kappa shape index (κ1) is 22.0. The van der Waals surface area contributed by atoms with Gasteiger partial charge in [0.1, 0.15) is 11.2 Å². The molecule has 186 valence electrons. The Hall–Kier alpha value is -4.92. The Labute approximate surface area is 234 Å². The second-order valence-electron chi connectivity index (χ2n) is 10.5. The van der Waals surface area contributed by atoms with E-state index < -0.39 is 0 Å². The van der Waals surface area contributed by atoms with Crippen molar-refractivity contribution in [3.05, 3.63) is 133 Å². The molecule has 0 aliphatic heterocycles. The number of furan rings is 1. The summed E-state index contributed by atoms with van der Waals surface area (Å²) in [6.45, 7) is 0. The summed E-state index contributed by atoms with van der Waals surface area (Å²) in [6, 6.07) is 46.3. The largest absolute Gasteiger partial charge is 0.455 e. The predicted molar refractivity (Wildman–Crippen MR) is 172 cm³/mol. The van der Waals surface area contributed by atoms with Crippen LogP contribution in [-0.2, 0) is 0 Å². The van der Waals surface area contributed by atoms with E-state index in [1.54, 1.807) is 11.3 Å².